The van der Waals surface area contributed by atoms with E-state index in [1.54, 1.807) is 6.07 Å². The zero-order valence-corrected chi connectivity index (χ0v) is 11.5. The van der Waals surface area contributed by atoms with E-state index in [0.29, 0.717) is 0 Å². The lowest BCUT2D eigenvalue weighted by molar-refractivity contribution is 0.0747. The molecule has 8 heteroatoms. The number of hydrazine groups is 1. The highest BCUT2D eigenvalue weighted by Crippen LogP contribution is 2.25. The fraction of sp³-hybridized carbons (Fsp3) is 0. The van der Waals surface area contributed by atoms with Gasteiger partial charge in [-0.05, 0) is 24.3 Å². The smallest absolute Gasteiger partial charge is 0.356 e. The van der Waals surface area contributed by atoms with Crippen molar-refractivity contribution in [1.82, 2.24) is 0 Å². The molecule has 0 aromatic heterocycles. The quantitative estimate of drug-likeness (QED) is 0.441. The lowest BCUT2D eigenvalue weighted by Crippen LogP contribution is -2.17. The summed E-state index contributed by atoms with van der Waals surface area (Å²) in [5, 5.41) is 9.53. The van der Waals surface area contributed by atoms with Crippen molar-refractivity contribution >= 4 is 21.8 Å². The normalized spacial score (nSPS) is 10.9. The summed E-state index contributed by atoms with van der Waals surface area (Å²) in [6.45, 7) is 0. The van der Waals surface area contributed by atoms with Gasteiger partial charge in [0.05, 0.1) is 11.3 Å². The maximum atomic E-state index is 12.0. The van der Waals surface area contributed by atoms with Gasteiger partial charge in [0.1, 0.15) is 10.6 Å². The number of aromatic hydroxyl groups is 1. The van der Waals surface area contributed by atoms with Crippen molar-refractivity contribution in [3.8, 4) is 5.75 Å². The minimum absolute atomic E-state index is 0.0426. The number of benzene rings is 2. The second kappa shape index (κ2) is 5.81. The standard InChI is InChI=1S/C13H12N2O5S/c14-15-10-6-2-1-5-9(10)13(17)20-21(18,19)12-8-4-3-7-11(12)16/h1-8,15-16H,14H2. The molecule has 0 saturated heterocycles. The van der Waals surface area contributed by atoms with Gasteiger partial charge < -0.3 is 14.7 Å². The molecule has 110 valence electrons. The van der Waals surface area contributed by atoms with Crippen LogP contribution in [0.2, 0.25) is 0 Å². The molecule has 0 amide bonds. The van der Waals surface area contributed by atoms with Gasteiger partial charge in [-0.1, -0.05) is 24.3 Å². The fourth-order valence-electron chi connectivity index (χ4n) is 1.64. The monoisotopic (exact) mass is 308 g/mol. The van der Waals surface area contributed by atoms with Crippen molar-refractivity contribution in [2.45, 2.75) is 4.90 Å². The van der Waals surface area contributed by atoms with Gasteiger partial charge in [0.25, 0.3) is 0 Å². The third kappa shape index (κ3) is 3.12. The highest BCUT2D eigenvalue weighted by atomic mass is 32.2. The lowest BCUT2D eigenvalue weighted by Gasteiger charge is -2.09. The molecule has 4 N–H and O–H groups in total. The van der Waals surface area contributed by atoms with Crippen LogP contribution in [0.3, 0.4) is 0 Å². The summed E-state index contributed by atoms with van der Waals surface area (Å²) in [4.78, 5) is 11.5. The Labute approximate surface area is 121 Å². The number of carbonyl (C=O) groups is 1. The molecule has 0 fully saturated rings. The summed E-state index contributed by atoms with van der Waals surface area (Å²) in [5.74, 6) is 3.63. The van der Waals surface area contributed by atoms with Crippen LogP contribution in [-0.4, -0.2) is 19.5 Å². The van der Waals surface area contributed by atoms with Gasteiger partial charge in [0, 0.05) is 0 Å². The topological polar surface area (TPSA) is 119 Å². The van der Waals surface area contributed by atoms with Gasteiger partial charge in [-0.2, -0.15) is 8.42 Å². The number of nitrogen functional groups attached to an aromatic ring is 1. The molecule has 0 spiro atoms. The molecule has 0 heterocycles. The summed E-state index contributed by atoms with van der Waals surface area (Å²) in [7, 11) is -4.43. The van der Waals surface area contributed by atoms with Crippen molar-refractivity contribution < 1.29 is 22.5 Å². The Morgan fingerprint density at radius 1 is 1.10 bits per heavy atom. The van der Waals surface area contributed by atoms with Crippen LogP contribution in [0, 0.1) is 0 Å². The minimum Gasteiger partial charge on any atom is -0.506 e. The molecule has 0 saturated carbocycles. The van der Waals surface area contributed by atoms with Gasteiger partial charge in [-0.25, -0.2) is 4.79 Å². The predicted octanol–water partition coefficient (Wildman–Crippen LogP) is 1.22. The Hall–Kier alpha value is -2.58. The Kier molecular flexibility index (Phi) is 4.10. The zero-order chi connectivity index (χ0) is 15.5. The Bertz CT molecular complexity index is 774. The first kappa shape index (κ1) is 14.8. The van der Waals surface area contributed by atoms with E-state index in [-0.39, 0.29) is 11.3 Å². The molecule has 0 unspecified atom stereocenters. The largest absolute Gasteiger partial charge is 0.506 e. The molecule has 21 heavy (non-hydrogen) atoms. The molecule has 0 radical (unpaired) electrons. The van der Waals surface area contributed by atoms with Crippen LogP contribution in [0.15, 0.2) is 53.4 Å². The number of nitrogens with two attached hydrogens (primary N) is 1. The molecule has 0 aliphatic heterocycles. The molecule has 0 atom stereocenters. The van der Waals surface area contributed by atoms with E-state index in [4.69, 9.17) is 5.84 Å². The van der Waals surface area contributed by atoms with Crippen LogP contribution in [0.4, 0.5) is 5.69 Å². The van der Waals surface area contributed by atoms with Gasteiger partial charge in [0.2, 0.25) is 0 Å². The summed E-state index contributed by atoms with van der Waals surface area (Å²) >= 11 is 0. The van der Waals surface area contributed by atoms with Crippen LogP contribution in [0.5, 0.6) is 5.75 Å². The maximum Gasteiger partial charge on any atom is 0.356 e. The van der Waals surface area contributed by atoms with Crippen molar-refractivity contribution in [2.24, 2.45) is 5.84 Å². The number of phenols is 1. The average Bonchev–Trinajstić information content (AvgIpc) is 2.47. The number of hydrogen-bond donors (Lipinski definition) is 3. The number of para-hydroxylation sites is 2. The van der Waals surface area contributed by atoms with Crippen molar-refractivity contribution in [2.75, 3.05) is 5.43 Å². The number of rotatable bonds is 4. The molecule has 2 rings (SSSR count). The molecule has 0 bridgehead atoms. The minimum atomic E-state index is -4.43. The van der Waals surface area contributed by atoms with E-state index < -0.39 is 26.7 Å². The molecular weight excluding hydrogens is 296 g/mol. The van der Waals surface area contributed by atoms with E-state index in [1.807, 2.05) is 0 Å². The SMILES string of the molecule is NNc1ccccc1C(=O)OS(=O)(=O)c1ccccc1O. The molecule has 0 aliphatic carbocycles. The van der Waals surface area contributed by atoms with Crippen LogP contribution < -0.4 is 11.3 Å². The van der Waals surface area contributed by atoms with E-state index in [9.17, 15) is 18.3 Å². The van der Waals surface area contributed by atoms with Crippen LogP contribution in [0.1, 0.15) is 10.4 Å². The Balaban J connectivity index is 2.33. The number of hydrogen-bond acceptors (Lipinski definition) is 7. The first-order valence-corrected chi connectivity index (χ1v) is 7.19. The third-order valence-corrected chi connectivity index (χ3v) is 3.88. The van der Waals surface area contributed by atoms with Crippen LogP contribution in [0.25, 0.3) is 0 Å². The summed E-state index contributed by atoms with van der Waals surface area (Å²) in [5.41, 5.74) is 2.44. The number of carbonyl (C=O) groups excluding carboxylic acids is 1. The van der Waals surface area contributed by atoms with E-state index in [0.717, 1.165) is 6.07 Å². The number of anilines is 1. The molecule has 7 nitrogen and oxygen atoms in total. The Morgan fingerprint density at radius 3 is 2.38 bits per heavy atom. The van der Waals surface area contributed by atoms with Gasteiger partial charge in [-0.3, -0.25) is 5.84 Å². The summed E-state index contributed by atoms with van der Waals surface area (Å²) < 4.78 is 28.5. The highest BCUT2D eigenvalue weighted by Gasteiger charge is 2.25. The van der Waals surface area contributed by atoms with E-state index in [1.165, 1.54) is 36.4 Å². The van der Waals surface area contributed by atoms with E-state index >= 15 is 0 Å². The maximum absolute atomic E-state index is 12.0. The lowest BCUT2D eigenvalue weighted by atomic mass is 10.2. The Morgan fingerprint density at radius 2 is 1.71 bits per heavy atom. The summed E-state index contributed by atoms with van der Waals surface area (Å²) in [6, 6.07) is 11.1. The molecular formula is C13H12N2O5S. The van der Waals surface area contributed by atoms with Crippen LogP contribution in [-0.2, 0) is 14.3 Å². The predicted molar refractivity (Wildman–Crippen MR) is 75.0 cm³/mol. The van der Waals surface area contributed by atoms with Gasteiger partial charge >= 0.3 is 16.1 Å². The van der Waals surface area contributed by atoms with Crippen LogP contribution >= 0.6 is 0 Å². The van der Waals surface area contributed by atoms with Gasteiger partial charge in [0.15, 0.2) is 0 Å². The summed E-state index contributed by atoms with van der Waals surface area (Å²) in [6.07, 6.45) is 0. The van der Waals surface area contributed by atoms with Gasteiger partial charge in [-0.15, -0.1) is 0 Å². The second-order valence-electron chi connectivity index (χ2n) is 3.98. The number of nitrogens with one attached hydrogen (secondary N) is 1. The first-order chi connectivity index (χ1) is 9.95. The molecule has 2 aromatic rings. The molecule has 0 aliphatic rings. The van der Waals surface area contributed by atoms with E-state index in [2.05, 4.69) is 9.61 Å². The average molecular weight is 308 g/mol. The van der Waals surface area contributed by atoms with Crippen molar-refractivity contribution in [1.29, 1.82) is 0 Å². The van der Waals surface area contributed by atoms with Crippen molar-refractivity contribution in [3.63, 3.8) is 0 Å². The van der Waals surface area contributed by atoms with Crippen molar-refractivity contribution in [3.05, 3.63) is 54.1 Å². The third-order valence-electron chi connectivity index (χ3n) is 2.62. The zero-order valence-electron chi connectivity index (χ0n) is 10.7. The second-order valence-corrected chi connectivity index (χ2v) is 5.50. The highest BCUT2D eigenvalue weighted by molar-refractivity contribution is 7.87. The molecule has 2 aromatic carbocycles. The fourth-order valence-corrected chi connectivity index (χ4v) is 2.59. The first-order valence-electron chi connectivity index (χ1n) is 5.78. The number of phenolic OH excluding ortho intramolecular Hbond substituents is 1.